The summed E-state index contributed by atoms with van der Waals surface area (Å²) in [5, 5.41) is 5.15. The molecule has 0 spiro atoms. The molecule has 0 aliphatic carbocycles. The van der Waals surface area contributed by atoms with Gasteiger partial charge in [-0.3, -0.25) is 0 Å². The van der Waals surface area contributed by atoms with Gasteiger partial charge < -0.3 is 5.32 Å². The van der Waals surface area contributed by atoms with Gasteiger partial charge in [-0.1, -0.05) is 25.1 Å². The third-order valence-corrected chi connectivity index (χ3v) is 5.80. The van der Waals surface area contributed by atoms with Crippen molar-refractivity contribution in [1.82, 2.24) is 9.62 Å². The Labute approximate surface area is 130 Å². The quantitative estimate of drug-likeness (QED) is 0.852. The fourth-order valence-electron chi connectivity index (χ4n) is 1.97. The van der Waals surface area contributed by atoms with Crippen LogP contribution >= 0.6 is 11.3 Å². The normalized spacial score (nSPS) is 12.0. The van der Waals surface area contributed by atoms with E-state index in [1.165, 1.54) is 4.31 Å². The molecule has 0 aliphatic heterocycles. The van der Waals surface area contributed by atoms with Crippen molar-refractivity contribution in [2.24, 2.45) is 0 Å². The molecular weight excluding hydrogens is 304 g/mol. The summed E-state index contributed by atoms with van der Waals surface area (Å²) in [5.41, 5.74) is 0.974. The summed E-state index contributed by atoms with van der Waals surface area (Å²) in [7, 11) is -1.83. The van der Waals surface area contributed by atoms with E-state index in [-0.39, 0.29) is 0 Å². The summed E-state index contributed by atoms with van der Waals surface area (Å²) >= 11 is 1.56. The average Bonchev–Trinajstić information content (AvgIpc) is 2.98. The van der Waals surface area contributed by atoms with Crippen LogP contribution in [-0.2, 0) is 23.1 Å². The third-order valence-electron chi connectivity index (χ3n) is 3.14. The number of thiophene rings is 1. The van der Waals surface area contributed by atoms with Crippen LogP contribution in [0.3, 0.4) is 0 Å². The molecule has 0 amide bonds. The Bertz CT molecular complexity index is 667. The van der Waals surface area contributed by atoms with Gasteiger partial charge in [0.2, 0.25) is 10.0 Å². The molecule has 6 heteroatoms. The van der Waals surface area contributed by atoms with Crippen molar-refractivity contribution in [2.45, 2.75) is 24.9 Å². The Morgan fingerprint density at radius 1 is 1.24 bits per heavy atom. The van der Waals surface area contributed by atoms with Gasteiger partial charge in [-0.2, -0.15) is 4.31 Å². The Kier molecular flexibility index (Phi) is 5.52. The van der Waals surface area contributed by atoms with E-state index < -0.39 is 10.0 Å². The summed E-state index contributed by atoms with van der Waals surface area (Å²) in [5.74, 6) is 0. The van der Waals surface area contributed by atoms with Crippen LogP contribution in [-0.4, -0.2) is 26.3 Å². The minimum atomic E-state index is -3.45. The Morgan fingerprint density at radius 2 is 2.05 bits per heavy atom. The van der Waals surface area contributed by atoms with E-state index in [4.69, 9.17) is 0 Å². The Balaban J connectivity index is 2.18. The second kappa shape index (κ2) is 7.17. The largest absolute Gasteiger partial charge is 0.313 e. The molecule has 0 unspecified atom stereocenters. The topological polar surface area (TPSA) is 49.4 Å². The van der Waals surface area contributed by atoms with Crippen LogP contribution < -0.4 is 5.32 Å². The van der Waals surface area contributed by atoms with Crippen LogP contribution in [0, 0.1) is 0 Å². The third kappa shape index (κ3) is 4.14. The van der Waals surface area contributed by atoms with Gasteiger partial charge in [0, 0.05) is 25.0 Å². The Hall–Kier alpha value is -1.21. The molecule has 2 rings (SSSR count). The van der Waals surface area contributed by atoms with E-state index in [9.17, 15) is 8.42 Å². The molecule has 0 saturated heterocycles. The number of hydrogen-bond donors (Lipinski definition) is 1. The molecule has 21 heavy (non-hydrogen) atoms. The lowest BCUT2D eigenvalue weighted by atomic mass is 10.2. The lowest BCUT2D eigenvalue weighted by Crippen LogP contribution is -2.26. The molecule has 0 atom stereocenters. The molecule has 1 N–H and O–H groups in total. The van der Waals surface area contributed by atoms with E-state index >= 15 is 0 Å². The predicted octanol–water partition coefficient (Wildman–Crippen LogP) is 2.68. The van der Waals surface area contributed by atoms with Crippen molar-refractivity contribution in [3.05, 3.63) is 52.2 Å². The van der Waals surface area contributed by atoms with Crippen molar-refractivity contribution in [2.75, 3.05) is 13.6 Å². The highest BCUT2D eigenvalue weighted by Gasteiger charge is 2.21. The van der Waals surface area contributed by atoms with Crippen LogP contribution in [0.1, 0.15) is 17.4 Å². The molecule has 0 saturated carbocycles. The Morgan fingerprint density at radius 3 is 2.71 bits per heavy atom. The molecule has 4 nitrogen and oxygen atoms in total. The molecule has 1 aromatic carbocycles. The monoisotopic (exact) mass is 324 g/mol. The maximum absolute atomic E-state index is 12.6. The number of hydrogen-bond acceptors (Lipinski definition) is 4. The van der Waals surface area contributed by atoms with Crippen LogP contribution in [0.25, 0.3) is 0 Å². The molecule has 1 aromatic heterocycles. The number of sulfonamides is 1. The number of rotatable bonds is 7. The van der Waals surface area contributed by atoms with Gasteiger partial charge in [-0.15, -0.1) is 11.3 Å². The van der Waals surface area contributed by atoms with E-state index in [0.29, 0.717) is 18.0 Å². The summed E-state index contributed by atoms with van der Waals surface area (Å²) in [4.78, 5) is 1.38. The number of nitrogens with one attached hydrogen (secondary N) is 1. The van der Waals surface area contributed by atoms with E-state index in [2.05, 4.69) is 5.32 Å². The molecule has 0 bridgehead atoms. The van der Waals surface area contributed by atoms with Gasteiger partial charge >= 0.3 is 0 Å². The molecule has 1 heterocycles. The van der Waals surface area contributed by atoms with Crippen LogP contribution in [0.15, 0.2) is 46.7 Å². The van der Waals surface area contributed by atoms with Crippen molar-refractivity contribution in [1.29, 1.82) is 0 Å². The zero-order valence-corrected chi connectivity index (χ0v) is 13.9. The average molecular weight is 324 g/mol. The SMILES string of the molecule is CCNCc1cccc(S(=O)(=O)N(C)Cc2cccs2)c1. The molecule has 0 aliphatic rings. The van der Waals surface area contributed by atoms with Gasteiger partial charge in [0.1, 0.15) is 0 Å². The summed E-state index contributed by atoms with van der Waals surface area (Å²) in [6.45, 7) is 3.95. The van der Waals surface area contributed by atoms with Crippen molar-refractivity contribution in [3.8, 4) is 0 Å². The van der Waals surface area contributed by atoms with Crippen LogP contribution in [0.2, 0.25) is 0 Å². The van der Waals surface area contributed by atoms with Crippen molar-refractivity contribution in [3.63, 3.8) is 0 Å². The lowest BCUT2D eigenvalue weighted by Gasteiger charge is -2.17. The first kappa shape index (κ1) is 16.2. The maximum atomic E-state index is 12.6. The van der Waals surface area contributed by atoms with Gasteiger partial charge in [0.15, 0.2) is 0 Å². The van der Waals surface area contributed by atoms with Gasteiger partial charge in [0.05, 0.1) is 4.90 Å². The van der Waals surface area contributed by atoms with Crippen LogP contribution in [0.5, 0.6) is 0 Å². The van der Waals surface area contributed by atoms with E-state index in [0.717, 1.165) is 17.0 Å². The molecule has 0 radical (unpaired) electrons. The van der Waals surface area contributed by atoms with Crippen molar-refractivity contribution < 1.29 is 8.42 Å². The van der Waals surface area contributed by atoms with Crippen LogP contribution in [0.4, 0.5) is 0 Å². The lowest BCUT2D eigenvalue weighted by molar-refractivity contribution is 0.469. The maximum Gasteiger partial charge on any atom is 0.243 e. The standard InChI is InChI=1S/C15H20N2O2S2/c1-3-16-11-13-6-4-8-15(10-13)21(18,19)17(2)12-14-7-5-9-20-14/h4-10,16H,3,11-12H2,1-2H3. The summed E-state index contributed by atoms with van der Waals surface area (Å²) in [6, 6.07) is 11.0. The number of nitrogens with zero attached hydrogens (tertiary/aromatic N) is 1. The fourth-order valence-corrected chi connectivity index (χ4v) is 4.03. The van der Waals surface area contributed by atoms with E-state index in [1.54, 1.807) is 36.6 Å². The van der Waals surface area contributed by atoms with Crippen molar-refractivity contribution >= 4 is 21.4 Å². The van der Waals surface area contributed by atoms with Gasteiger partial charge in [-0.05, 0) is 35.7 Å². The van der Waals surface area contributed by atoms with Gasteiger partial charge in [0.25, 0.3) is 0 Å². The molecule has 0 fully saturated rings. The first-order chi connectivity index (χ1) is 10.0. The highest BCUT2D eigenvalue weighted by Crippen LogP contribution is 2.19. The fraction of sp³-hybridized carbons (Fsp3) is 0.333. The molecule has 114 valence electrons. The van der Waals surface area contributed by atoms with E-state index in [1.807, 2.05) is 30.5 Å². The highest BCUT2D eigenvalue weighted by atomic mass is 32.2. The summed E-state index contributed by atoms with van der Waals surface area (Å²) < 4.78 is 26.6. The minimum Gasteiger partial charge on any atom is -0.313 e. The molecule has 2 aromatic rings. The minimum absolute atomic E-state index is 0.344. The zero-order chi connectivity index (χ0) is 15.3. The zero-order valence-electron chi connectivity index (χ0n) is 12.2. The highest BCUT2D eigenvalue weighted by molar-refractivity contribution is 7.89. The molecular formula is C15H20N2O2S2. The first-order valence-electron chi connectivity index (χ1n) is 6.82. The smallest absolute Gasteiger partial charge is 0.243 e. The second-order valence-corrected chi connectivity index (χ2v) is 7.85. The predicted molar refractivity (Wildman–Crippen MR) is 86.8 cm³/mol. The second-order valence-electron chi connectivity index (χ2n) is 4.77. The van der Waals surface area contributed by atoms with Gasteiger partial charge in [-0.25, -0.2) is 8.42 Å². The first-order valence-corrected chi connectivity index (χ1v) is 9.14. The summed E-state index contributed by atoms with van der Waals surface area (Å²) in [6.07, 6.45) is 0. The number of benzene rings is 1.